The van der Waals surface area contributed by atoms with Crippen molar-refractivity contribution in [1.29, 1.82) is 0 Å². The van der Waals surface area contributed by atoms with Crippen molar-refractivity contribution in [3.8, 4) is 0 Å². The lowest BCUT2D eigenvalue weighted by Gasteiger charge is -2.18. The van der Waals surface area contributed by atoms with Crippen molar-refractivity contribution < 1.29 is 24.8 Å². The molecule has 0 spiro atoms. The number of aryl methyl sites for hydroxylation is 1. The molecule has 3 rings (SSSR count). The van der Waals surface area contributed by atoms with E-state index in [-0.39, 0.29) is 16.0 Å². The smallest absolute Gasteiger partial charge is 0.329 e. The monoisotopic (exact) mass is 334 g/mol. The molecule has 0 saturated heterocycles. The maximum absolute atomic E-state index is 12.0. The average molecular weight is 334 g/mol. The predicted molar refractivity (Wildman–Crippen MR) is 79.0 cm³/mol. The highest BCUT2D eigenvalue weighted by molar-refractivity contribution is 6.05. The fourth-order valence-electron chi connectivity index (χ4n) is 2.74. The van der Waals surface area contributed by atoms with Crippen LogP contribution in [0.2, 0.25) is 0 Å². The lowest BCUT2D eigenvalue weighted by Crippen LogP contribution is -2.43. The highest BCUT2D eigenvalue weighted by Crippen LogP contribution is 2.36. The molecular weight excluding hydrogens is 322 g/mol. The minimum absolute atomic E-state index is 0.0156. The van der Waals surface area contributed by atoms with Gasteiger partial charge in [-0.1, -0.05) is 21.4 Å². The van der Waals surface area contributed by atoms with Gasteiger partial charge < -0.3 is 16.1 Å². The molecule has 24 heavy (non-hydrogen) atoms. The Balaban J connectivity index is 2.38. The molecule has 124 valence electrons. The summed E-state index contributed by atoms with van der Waals surface area (Å²) in [6.45, 7) is 1.78. The normalized spacial score (nSPS) is 16.5. The Morgan fingerprint density at radius 1 is 1.33 bits per heavy atom. The summed E-state index contributed by atoms with van der Waals surface area (Å²) in [5.41, 5.74) is 3.95. The van der Waals surface area contributed by atoms with Gasteiger partial charge in [-0.05, 0) is 24.0 Å². The molecular formula is C13H12N5O6+. The first-order chi connectivity index (χ1) is 11.3. The summed E-state index contributed by atoms with van der Waals surface area (Å²) in [4.78, 5) is 21.6. The van der Waals surface area contributed by atoms with Gasteiger partial charge in [0.1, 0.15) is 5.69 Å². The van der Waals surface area contributed by atoms with Crippen LogP contribution in [-0.2, 0) is 0 Å². The lowest BCUT2D eigenvalue weighted by molar-refractivity contribution is -0.719. The molecule has 11 nitrogen and oxygen atoms in total. The lowest BCUT2D eigenvalue weighted by atomic mass is 9.84. The first-order valence-corrected chi connectivity index (χ1v) is 6.76. The maximum Gasteiger partial charge on any atom is 0.329 e. The Morgan fingerprint density at radius 2 is 2.04 bits per heavy atom. The molecule has 1 aromatic heterocycles. The molecule has 1 unspecified atom stereocenters. The number of hydrogen-bond acceptors (Lipinski definition) is 6. The molecule has 0 aliphatic heterocycles. The Bertz CT molecular complexity index is 965. The number of nitrogens with one attached hydrogen (secondary N) is 1. The van der Waals surface area contributed by atoms with E-state index in [0.717, 1.165) is 11.6 Å². The molecule has 0 fully saturated rings. The van der Waals surface area contributed by atoms with Gasteiger partial charge in [-0.15, -0.1) is 0 Å². The molecule has 0 amide bonds. The number of fused-ring (bicyclic) bond motifs is 1. The van der Waals surface area contributed by atoms with E-state index in [4.69, 9.17) is 0 Å². The van der Waals surface area contributed by atoms with Crippen molar-refractivity contribution >= 4 is 17.1 Å². The molecule has 0 saturated carbocycles. The molecule has 2 aromatic rings. The topological polar surface area (TPSA) is 172 Å². The average Bonchev–Trinajstić information content (AvgIpc) is 2.90. The standard InChI is InChI=1S/C13H11N5O6/c1-6-2-3-8(14)7(4-6)11-9(16(19)20)5-10(17(21)22)12-13(11)18(23)24-15-12/h2-5,11,15H,14H2,1H3/p+1. The van der Waals surface area contributed by atoms with Gasteiger partial charge in [0.15, 0.2) is 10.5 Å². The molecule has 1 aromatic carbocycles. The Hall–Kier alpha value is -3.47. The van der Waals surface area contributed by atoms with E-state index in [1.54, 1.807) is 25.1 Å². The number of allylic oxidation sites excluding steroid dienone is 1. The largest absolute Gasteiger partial charge is 0.612 e. The summed E-state index contributed by atoms with van der Waals surface area (Å²) in [7, 11) is 0. The van der Waals surface area contributed by atoms with E-state index in [1.807, 2.05) is 0 Å². The summed E-state index contributed by atoms with van der Waals surface area (Å²) < 4.78 is 4.60. The van der Waals surface area contributed by atoms with Crippen LogP contribution in [0, 0.1) is 32.4 Å². The van der Waals surface area contributed by atoms with Gasteiger partial charge >= 0.3 is 5.70 Å². The third kappa shape index (κ3) is 2.23. The third-order valence-corrected chi connectivity index (χ3v) is 3.81. The van der Waals surface area contributed by atoms with E-state index in [0.29, 0.717) is 11.3 Å². The van der Waals surface area contributed by atoms with Crippen LogP contribution < -0.4 is 10.3 Å². The number of nitrogens with zero attached hydrogens (tertiary/aromatic N) is 3. The molecule has 0 radical (unpaired) electrons. The number of rotatable bonds is 2. The summed E-state index contributed by atoms with van der Waals surface area (Å²) in [5, 5.41) is 36.3. The van der Waals surface area contributed by atoms with Crippen molar-refractivity contribution in [1.82, 2.24) is 5.16 Å². The quantitative estimate of drug-likeness (QED) is 0.441. The molecule has 1 heterocycles. The second-order valence-corrected chi connectivity index (χ2v) is 5.31. The van der Waals surface area contributed by atoms with Crippen molar-refractivity contribution in [2.75, 3.05) is 0 Å². The highest BCUT2D eigenvalue weighted by atomic mass is 16.8. The number of H-pyrrole nitrogens is 1. The van der Waals surface area contributed by atoms with Gasteiger partial charge in [-0.25, -0.2) is 0 Å². The summed E-state index contributed by atoms with van der Waals surface area (Å²) >= 11 is 0. The van der Waals surface area contributed by atoms with Gasteiger partial charge in [0, 0.05) is 5.56 Å². The SMILES string of the molecule is Cc1ccc([NH3+])c(C2C(=[N+]([O-])[O-])C=C([N+](=O)[O-])c3[nH]o[n+](=O)c32)c1. The highest BCUT2D eigenvalue weighted by Gasteiger charge is 2.48. The van der Waals surface area contributed by atoms with E-state index >= 15 is 0 Å². The van der Waals surface area contributed by atoms with Crippen LogP contribution in [0.5, 0.6) is 0 Å². The molecule has 11 heteroatoms. The minimum Gasteiger partial charge on any atom is -0.612 e. The van der Waals surface area contributed by atoms with E-state index in [9.17, 15) is 25.4 Å². The second kappa shape index (κ2) is 5.31. The van der Waals surface area contributed by atoms with Crippen molar-refractivity contribution in [2.45, 2.75) is 12.8 Å². The first kappa shape index (κ1) is 15.4. The molecule has 4 N–H and O–H groups in total. The van der Waals surface area contributed by atoms with Crippen LogP contribution in [0.25, 0.3) is 5.70 Å². The Kier molecular flexibility index (Phi) is 3.41. The minimum atomic E-state index is -1.14. The zero-order valence-electron chi connectivity index (χ0n) is 12.4. The number of hydrogen-bond donors (Lipinski definition) is 2. The number of quaternary nitrogens is 1. The van der Waals surface area contributed by atoms with Crippen molar-refractivity contribution in [2.24, 2.45) is 0 Å². The van der Waals surface area contributed by atoms with Crippen LogP contribution in [0.1, 0.15) is 28.4 Å². The van der Waals surface area contributed by atoms with E-state index in [2.05, 4.69) is 15.5 Å². The van der Waals surface area contributed by atoms with Crippen LogP contribution in [-0.4, -0.2) is 20.7 Å². The van der Waals surface area contributed by atoms with Gasteiger partial charge in [-0.2, -0.15) is 4.90 Å². The summed E-state index contributed by atoms with van der Waals surface area (Å²) in [5.74, 6) is -1.14. The fourth-order valence-corrected chi connectivity index (χ4v) is 2.74. The van der Waals surface area contributed by atoms with E-state index < -0.39 is 27.2 Å². The van der Waals surface area contributed by atoms with Gasteiger partial charge in [-0.3, -0.25) is 10.1 Å². The van der Waals surface area contributed by atoms with Crippen molar-refractivity contribution in [3.05, 3.63) is 72.2 Å². The van der Waals surface area contributed by atoms with Gasteiger partial charge in [0.2, 0.25) is 5.71 Å². The van der Waals surface area contributed by atoms with Gasteiger partial charge in [0.05, 0.1) is 11.0 Å². The fraction of sp³-hybridized carbons (Fsp3) is 0.154. The number of aromatic nitrogens is 2. The van der Waals surface area contributed by atoms with Crippen LogP contribution in [0.3, 0.4) is 0 Å². The second-order valence-electron chi connectivity index (χ2n) is 5.31. The number of benzene rings is 1. The molecule has 0 bridgehead atoms. The summed E-state index contributed by atoms with van der Waals surface area (Å²) in [6, 6.07) is 5.08. The Labute approximate surface area is 133 Å². The number of nitro groups is 1. The Morgan fingerprint density at radius 3 is 2.67 bits per heavy atom. The van der Waals surface area contributed by atoms with Gasteiger partial charge in [0.25, 0.3) is 11.4 Å². The molecule has 1 aliphatic rings. The maximum atomic E-state index is 12.0. The van der Waals surface area contributed by atoms with Crippen LogP contribution in [0.4, 0.5) is 5.69 Å². The molecule has 1 atom stereocenters. The zero-order chi connectivity index (χ0) is 17.6. The zero-order valence-corrected chi connectivity index (χ0v) is 12.4. The van der Waals surface area contributed by atoms with Crippen molar-refractivity contribution in [3.63, 3.8) is 0 Å². The van der Waals surface area contributed by atoms with Crippen LogP contribution in [0.15, 0.2) is 28.9 Å². The number of aromatic amines is 1. The summed E-state index contributed by atoms with van der Waals surface area (Å²) in [6.07, 6.45) is 0.834. The van der Waals surface area contributed by atoms with Crippen LogP contribution >= 0.6 is 0 Å². The van der Waals surface area contributed by atoms with E-state index in [1.165, 1.54) is 0 Å². The molecule has 1 aliphatic carbocycles. The first-order valence-electron chi connectivity index (χ1n) is 6.76. The third-order valence-electron chi connectivity index (χ3n) is 3.81. The predicted octanol–water partition coefficient (Wildman–Crippen LogP) is -0.0838.